The Morgan fingerprint density at radius 1 is 1.53 bits per heavy atom. The van der Waals surface area contributed by atoms with Crippen LogP contribution in [0.2, 0.25) is 5.02 Å². The molecule has 0 aliphatic carbocycles. The van der Waals surface area contributed by atoms with Crippen LogP contribution in [0.4, 0.5) is 11.4 Å². The predicted molar refractivity (Wildman–Crippen MR) is 57.1 cm³/mol. The molecule has 1 aromatic carbocycles. The van der Waals surface area contributed by atoms with Crippen LogP contribution in [-0.4, -0.2) is 10.8 Å². The molecule has 6 heteroatoms. The number of nitro groups is 1. The first-order chi connectivity index (χ1) is 6.91. The molecule has 0 atom stereocenters. The first kappa shape index (κ1) is 11.5. The van der Waals surface area contributed by atoms with E-state index < -0.39 is 10.8 Å². The second-order valence-electron chi connectivity index (χ2n) is 3.08. The minimum absolute atomic E-state index is 0.0415. The van der Waals surface area contributed by atoms with Gasteiger partial charge < -0.3 is 5.32 Å². The number of carbonyl (C=O) groups is 1. The van der Waals surface area contributed by atoms with Gasteiger partial charge in [0.15, 0.2) is 0 Å². The Morgan fingerprint density at radius 2 is 2.13 bits per heavy atom. The van der Waals surface area contributed by atoms with Crippen molar-refractivity contribution in [2.75, 3.05) is 5.32 Å². The van der Waals surface area contributed by atoms with Crippen molar-refractivity contribution in [3.8, 4) is 0 Å². The Labute approximate surface area is 91.2 Å². The summed E-state index contributed by atoms with van der Waals surface area (Å²) >= 11 is 5.80. The van der Waals surface area contributed by atoms with Crippen LogP contribution in [-0.2, 0) is 4.79 Å². The lowest BCUT2D eigenvalue weighted by atomic mass is 10.2. The average Bonchev–Trinajstić information content (AvgIpc) is 2.08. The molecule has 1 amide bonds. The van der Waals surface area contributed by atoms with Gasteiger partial charge in [-0.1, -0.05) is 11.6 Å². The molecule has 0 aliphatic heterocycles. The topological polar surface area (TPSA) is 72.2 Å². The number of nitrogens with one attached hydrogen (secondary N) is 1. The van der Waals surface area contributed by atoms with E-state index in [0.717, 1.165) is 0 Å². The number of hydrogen-bond acceptors (Lipinski definition) is 3. The maximum Gasteiger partial charge on any atom is 0.294 e. The first-order valence-electron chi connectivity index (χ1n) is 4.14. The minimum Gasteiger partial charge on any atom is -0.319 e. The van der Waals surface area contributed by atoms with Crippen molar-refractivity contribution in [3.63, 3.8) is 0 Å². The molecule has 0 bridgehead atoms. The quantitative estimate of drug-likeness (QED) is 0.624. The summed E-state index contributed by atoms with van der Waals surface area (Å²) in [5.74, 6) is -0.399. The monoisotopic (exact) mass is 228 g/mol. The van der Waals surface area contributed by atoms with E-state index >= 15 is 0 Å². The second-order valence-corrected chi connectivity index (χ2v) is 3.49. The number of benzene rings is 1. The molecule has 0 saturated heterocycles. The highest BCUT2D eigenvalue weighted by molar-refractivity contribution is 6.34. The summed E-state index contributed by atoms with van der Waals surface area (Å²) in [6.07, 6.45) is 0. The first-order valence-corrected chi connectivity index (χ1v) is 4.51. The zero-order chi connectivity index (χ0) is 11.6. The zero-order valence-electron chi connectivity index (χ0n) is 8.20. The molecule has 0 spiro atoms. The Kier molecular flexibility index (Phi) is 3.26. The summed E-state index contributed by atoms with van der Waals surface area (Å²) in [7, 11) is 0. The minimum atomic E-state index is -0.579. The third-order valence-corrected chi connectivity index (χ3v) is 2.01. The molecule has 15 heavy (non-hydrogen) atoms. The molecule has 5 nitrogen and oxygen atoms in total. The molecule has 1 aromatic rings. The van der Waals surface area contributed by atoms with Gasteiger partial charge >= 0.3 is 0 Å². The number of nitrogens with zero attached hydrogens (tertiary/aromatic N) is 1. The Hall–Kier alpha value is -1.62. The van der Waals surface area contributed by atoms with Gasteiger partial charge in [-0.15, -0.1) is 0 Å². The lowest BCUT2D eigenvalue weighted by molar-refractivity contribution is -0.384. The SMILES string of the molecule is CC(=O)Nc1c(Cl)cc(C)cc1[N+](=O)[O-]. The third kappa shape index (κ3) is 2.66. The van der Waals surface area contributed by atoms with Gasteiger partial charge in [-0.25, -0.2) is 0 Å². The molecular weight excluding hydrogens is 220 g/mol. The number of aryl methyl sites for hydroxylation is 1. The molecular formula is C9H9ClN2O3. The van der Waals surface area contributed by atoms with Crippen LogP contribution >= 0.6 is 11.6 Å². The molecule has 0 heterocycles. The molecule has 1 rings (SSSR count). The molecule has 0 unspecified atom stereocenters. The van der Waals surface area contributed by atoms with Crippen molar-refractivity contribution in [1.82, 2.24) is 0 Å². The predicted octanol–water partition coefficient (Wildman–Crippen LogP) is 2.52. The summed E-state index contributed by atoms with van der Waals surface area (Å²) in [5, 5.41) is 13.2. The normalized spacial score (nSPS) is 9.80. The van der Waals surface area contributed by atoms with E-state index in [2.05, 4.69) is 5.32 Å². The number of halogens is 1. The van der Waals surface area contributed by atoms with Crippen LogP contribution in [0.1, 0.15) is 12.5 Å². The lowest BCUT2D eigenvalue weighted by Crippen LogP contribution is -2.08. The third-order valence-electron chi connectivity index (χ3n) is 1.71. The van der Waals surface area contributed by atoms with Gasteiger partial charge in [0.25, 0.3) is 5.69 Å². The van der Waals surface area contributed by atoms with Crippen molar-refractivity contribution >= 4 is 28.9 Å². The van der Waals surface area contributed by atoms with E-state index in [1.807, 2.05) is 0 Å². The molecule has 0 aliphatic rings. The van der Waals surface area contributed by atoms with Crippen molar-refractivity contribution < 1.29 is 9.72 Å². The molecule has 0 fully saturated rings. The van der Waals surface area contributed by atoms with Crippen LogP contribution in [0.5, 0.6) is 0 Å². The van der Waals surface area contributed by atoms with Gasteiger partial charge in [-0.2, -0.15) is 0 Å². The number of hydrogen-bond donors (Lipinski definition) is 1. The smallest absolute Gasteiger partial charge is 0.294 e. The summed E-state index contributed by atoms with van der Waals surface area (Å²) in [6.45, 7) is 2.95. The van der Waals surface area contributed by atoms with Crippen molar-refractivity contribution in [3.05, 3.63) is 32.8 Å². The maximum absolute atomic E-state index is 10.8. The average molecular weight is 229 g/mol. The highest BCUT2D eigenvalue weighted by Gasteiger charge is 2.18. The van der Waals surface area contributed by atoms with Gasteiger partial charge in [0, 0.05) is 13.0 Å². The molecule has 0 aromatic heterocycles. The highest BCUT2D eigenvalue weighted by atomic mass is 35.5. The van der Waals surface area contributed by atoms with Crippen molar-refractivity contribution in [2.45, 2.75) is 13.8 Å². The standard InChI is InChI=1S/C9H9ClN2O3/c1-5-3-7(10)9(11-6(2)13)8(4-5)12(14)15/h3-4H,1-2H3,(H,11,13). The van der Waals surface area contributed by atoms with Gasteiger partial charge in [-0.05, 0) is 18.6 Å². The largest absolute Gasteiger partial charge is 0.319 e. The number of carbonyl (C=O) groups excluding carboxylic acids is 1. The second kappa shape index (κ2) is 4.27. The van der Waals surface area contributed by atoms with Gasteiger partial charge in [0.1, 0.15) is 5.69 Å². The Bertz CT molecular complexity index is 432. The number of amides is 1. The maximum atomic E-state index is 10.8. The van der Waals surface area contributed by atoms with Gasteiger partial charge in [0.2, 0.25) is 5.91 Å². The molecule has 80 valence electrons. The van der Waals surface area contributed by atoms with E-state index in [1.54, 1.807) is 13.0 Å². The van der Waals surface area contributed by atoms with Crippen molar-refractivity contribution in [2.24, 2.45) is 0 Å². The van der Waals surface area contributed by atoms with Gasteiger partial charge in [-0.3, -0.25) is 14.9 Å². The van der Waals surface area contributed by atoms with Crippen LogP contribution in [0.15, 0.2) is 12.1 Å². The Morgan fingerprint density at radius 3 is 2.60 bits per heavy atom. The van der Waals surface area contributed by atoms with E-state index in [1.165, 1.54) is 13.0 Å². The van der Waals surface area contributed by atoms with Crippen LogP contribution in [0.25, 0.3) is 0 Å². The van der Waals surface area contributed by atoms with Gasteiger partial charge in [0.05, 0.1) is 9.95 Å². The molecule has 0 radical (unpaired) electrons. The van der Waals surface area contributed by atoms with E-state index in [-0.39, 0.29) is 16.4 Å². The van der Waals surface area contributed by atoms with E-state index in [0.29, 0.717) is 5.56 Å². The number of rotatable bonds is 2. The number of nitro benzene ring substituents is 1. The fraction of sp³-hybridized carbons (Fsp3) is 0.222. The van der Waals surface area contributed by atoms with Crippen LogP contribution < -0.4 is 5.32 Å². The van der Waals surface area contributed by atoms with E-state index in [9.17, 15) is 14.9 Å². The van der Waals surface area contributed by atoms with Crippen molar-refractivity contribution in [1.29, 1.82) is 0 Å². The van der Waals surface area contributed by atoms with E-state index in [4.69, 9.17) is 11.6 Å². The number of anilines is 1. The highest BCUT2D eigenvalue weighted by Crippen LogP contribution is 2.33. The fourth-order valence-electron chi connectivity index (χ4n) is 1.17. The lowest BCUT2D eigenvalue weighted by Gasteiger charge is -2.06. The Balaban J connectivity index is 3.33. The summed E-state index contributed by atoms with van der Waals surface area (Å²) in [6, 6.07) is 2.91. The fourth-order valence-corrected chi connectivity index (χ4v) is 1.48. The summed E-state index contributed by atoms with van der Waals surface area (Å²) < 4.78 is 0. The molecule has 1 N–H and O–H groups in total. The zero-order valence-corrected chi connectivity index (χ0v) is 8.96. The molecule has 0 saturated carbocycles. The summed E-state index contributed by atoms with van der Waals surface area (Å²) in [4.78, 5) is 21.0. The summed E-state index contributed by atoms with van der Waals surface area (Å²) in [5.41, 5.74) is 0.510. The van der Waals surface area contributed by atoms with Crippen LogP contribution in [0.3, 0.4) is 0 Å². The van der Waals surface area contributed by atoms with Crippen LogP contribution in [0, 0.1) is 17.0 Å².